The Kier molecular flexibility index (Phi) is 4.96. The average Bonchev–Trinajstić information content (AvgIpc) is 2.66. The van der Waals surface area contributed by atoms with Crippen molar-refractivity contribution < 1.29 is 23.8 Å². The van der Waals surface area contributed by atoms with Gasteiger partial charge in [-0.1, -0.05) is 23.7 Å². The Bertz CT molecular complexity index is 1170. The van der Waals surface area contributed by atoms with E-state index in [2.05, 4.69) is 0 Å². The Hall–Kier alpha value is -2.99. The highest BCUT2D eigenvalue weighted by Gasteiger charge is 2.39. The Morgan fingerprint density at radius 3 is 2.66 bits per heavy atom. The fourth-order valence-corrected chi connectivity index (χ4v) is 3.74. The SMILES string of the molecule is COc1c(-c2cc(=O)c3cccc(Cl)c3o2)ccc(C)c1OC1CCC1C(=O)O. The van der Waals surface area contributed by atoms with Crippen LogP contribution in [0.1, 0.15) is 18.4 Å². The number of rotatable bonds is 5. The number of para-hydroxylation sites is 1. The lowest BCUT2D eigenvalue weighted by molar-refractivity contribution is -0.150. The first-order valence-corrected chi connectivity index (χ1v) is 9.58. The van der Waals surface area contributed by atoms with Crippen LogP contribution in [-0.2, 0) is 4.79 Å². The fourth-order valence-electron chi connectivity index (χ4n) is 3.52. The van der Waals surface area contributed by atoms with E-state index in [1.165, 1.54) is 13.2 Å². The van der Waals surface area contributed by atoms with Gasteiger partial charge in [0, 0.05) is 6.07 Å². The molecule has 1 saturated carbocycles. The van der Waals surface area contributed by atoms with E-state index in [4.69, 9.17) is 25.5 Å². The number of ether oxygens (including phenoxy) is 2. The molecule has 0 aliphatic heterocycles. The lowest BCUT2D eigenvalue weighted by atomic mass is 9.82. The summed E-state index contributed by atoms with van der Waals surface area (Å²) in [6.07, 6.45) is 0.817. The first-order valence-electron chi connectivity index (χ1n) is 9.20. The van der Waals surface area contributed by atoms with Crippen LogP contribution in [0.15, 0.2) is 45.6 Å². The molecule has 2 atom stereocenters. The molecule has 4 rings (SSSR count). The van der Waals surface area contributed by atoms with Crippen molar-refractivity contribution in [3.63, 3.8) is 0 Å². The number of hydrogen-bond acceptors (Lipinski definition) is 5. The van der Waals surface area contributed by atoms with E-state index >= 15 is 0 Å². The lowest BCUT2D eigenvalue weighted by Crippen LogP contribution is -2.41. The van der Waals surface area contributed by atoms with Gasteiger partial charge in [0.25, 0.3) is 0 Å². The third-order valence-corrected chi connectivity index (χ3v) is 5.58. The molecular weight excluding hydrogens is 396 g/mol. The highest BCUT2D eigenvalue weighted by Crippen LogP contribution is 2.43. The maximum Gasteiger partial charge on any atom is 0.310 e. The zero-order valence-electron chi connectivity index (χ0n) is 15.9. The molecule has 1 aliphatic rings. The molecule has 150 valence electrons. The predicted octanol–water partition coefficient (Wildman–Crippen LogP) is 4.67. The van der Waals surface area contributed by atoms with E-state index in [1.54, 1.807) is 24.3 Å². The van der Waals surface area contributed by atoms with Gasteiger partial charge in [0.05, 0.1) is 29.0 Å². The molecule has 3 aromatic rings. The number of carbonyl (C=O) groups is 1. The average molecular weight is 415 g/mol. The molecular formula is C22H19ClO6. The van der Waals surface area contributed by atoms with Crippen molar-refractivity contribution in [3.05, 3.63) is 57.2 Å². The minimum Gasteiger partial charge on any atom is -0.492 e. The van der Waals surface area contributed by atoms with Crippen molar-refractivity contribution in [1.82, 2.24) is 0 Å². The molecule has 29 heavy (non-hydrogen) atoms. The maximum atomic E-state index is 12.6. The molecule has 0 bridgehead atoms. The molecule has 1 aliphatic carbocycles. The van der Waals surface area contributed by atoms with Gasteiger partial charge >= 0.3 is 5.97 Å². The summed E-state index contributed by atoms with van der Waals surface area (Å²) in [6.45, 7) is 1.85. The molecule has 2 unspecified atom stereocenters. The summed E-state index contributed by atoms with van der Waals surface area (Å²) in [5.74, 6) is -0.288. The van der Waals surface area contributed by atoms with E-state index in [0.29, 0.717) is 51.7 Å². The molecule has 0 spiro atoms. The van der Waals surface area contributed by atoms with Gasteiger partial charge in [0.1, 0.15) is 11.9 Å². The van der Waals surface area contributed by atoms with Crippen LogP contribution < -0.4 is 14.9 Å². The van der Waals surface area contributed by atoms with E-state index in [9.17, 15) is 14.7 Å². The van der Waals surface area contributed by atoms with Crippen molar-refractivity contribution >= 4 is 28.5 Å². The van der Waals surface area contributed by atoms with Gasteiger partial charge in [-0.05, 0) is 43.5 Å². The first-order chi connectivity index (χ1) is 13.9. The van der Waals surface area contributed by atoms with Crippen LogP contribution in [0.3, 0.4) is 0 Å². The zero-order chi connectivity index (χ0) is 20.7. The second-order valence-electron chi connectivity index (χ2n) is 7.06. The van der Waals surface area contributed by atoms with Crippen LogP contribution in [0.2, 0.25) is 5.02 Å². The van der Waals surface area contributed by atoms with Crippen LogP contribution in [-0.4, -0.2) is 24.3 Å². The minimum absolute atomic E-state index is 0.223. The topological polar surface area (TPSA) is 86.0 Å². The second kappa shape index (κ2) is 7.44. The van der Waals surface area contributed by atoms with Crippen LogP contribution in [0.4, 0.5) is 0 Å². The van der Waals surface area contributed by atoms with Gasteiger partial charge in [0.15, 0.2) is 22.5 Å². The standard InChI is InChI=1S/C22H19ClO6/c1-11-6-7-13(18-10-16(24)12-4-3-5-15(23)20(12)29-18)21(27-2)19(11)28-17-9-8-14(17)22(25)26/h3-7,10,14,17H,8-9H2,1-2H3,(H,25,26). The Labute approximate surface area is 171 Å². The van der Waals surface area contributed by atoms with Crippen molar-refractivity contribution in [2.24, 2.45) is 5.92 Å². The van der Waals surface area contributed by atoms with Crippen molar-refractivity contribution in [3.8, 4) is 22.8 Å². The molecule has 2 aromatic carbocycles. The molecule has 0 amide bonds. The Morgan fingerprint density at radius 1 is 1.21 bits per heavy atom. The number of benzene rings is 2. The fraction of sp³-hybridized carbons (Fsp3) is 0.273. The summed E-state index contributed by atoms with van der Waals surface area (Å²) in [6, 6.07) is 9.98. The summed E-state index contributed by atoms with van der Waals surface area (Å²) >= 11 is 6.22. The van der Waals surface area contributed by atoms with Gasteiger partial charge in [0.2, 0.25) is 0 Å². The smallest absolute Gasteiger partial charge is 0.310 e. The van der Waals surface area contributed by atoms with Crippen molar-refractivity contribution in [2.75, 3.05) is 7.11 Å². The van der Waals surface area contributed by atoms with E-state index in [-0.39, 0.29) is 5.43 Å². The number of aryl methyl sites for hydroxylation is 1. The van der Waals surface area contributed by atoms with Crippen LogP contribution in [0.25, 0.3) is 22.3 Å². The van der Waals surface area contributed by atoms with Gasteiger partial charge in [-0.3, -0.25) is 9.59 Å². The number of methoxy groups -OCH3 is 1. The monoisotopic (exact) mass is 414 g/mol. The largest absolute Gasteiger partial charge is 0.492 e. The third kappa shape index (κ3) is 3.34. The van der Waals surface area contributed by atoms with Crippen LogP contribution >= 0.6 is 11.6 Å². The summed E-state index contributed by atoms with van der Waals surface area (Å²) in [5, 5.41) is 10.0. The minimum atomic E-state index is -0.871. The molecule has 1 fully saturated rings. The van der Waals surface area contributed by atoms with Crippen molar-refractivity contribution in [1.29, 1.82) is 0 Å². The molecule has 0 radical (unpaired) electrons. The molecule has 1 aromatic heterocycles. The third-order valence-electron chi connectivity index (χ3n) is 5.28. The van der Waals surface area contributed by atoms with Crippen LogP contribution in [0, 0.1) is 12.8 Å². The predicted molar refractivity (Wildman–Crippen MR) is 109 cm³/mol. The normalized spacial score (nSPS) is 18.3. The highest BCUT2D eigenvalue weighted by atomic mass is 35.5. The van der Waals surface area contributed by atoms with Crippen LogP contribution in [0.5, 0.6) is 11.5 Å². The van der Waals surface area contributed by atoms with Gasteiger partial charge in [-0.2, -0.15) is 0 Å². The zero-order valence-corrected chi connectivity index (χ0v) is 16.7. The molecule has 0 saturated heterocycles. The van der Waals surface area contributed by atoms with E-state index in [0.717, 1.165) is 5.56 Å². The summed E-state index contributed by atoms with van der Waals surface area (Å²) in [4.78, 5) is 23.9. The molecule has 6 nitrogen and oxygen atoms in total. The number of carboxylic acids is 1. The molecule has 1 heterocycles. The lowest BCUT2D eigenvalue weighted by Gasteiger charge is -2.34. The molecule has 1 N–H and O–H groups in total. The summed E-state index contributed by atoms with van der Waals surface area (Å²) in [7, 11) is 1.49. The number of carboxylic acid groups (broad SMARTS) is 1. The maximum absolute atomic E-state index is 12.6. The first kappa shape index (κ1) is 19.3. The van der Waals surface area contributed by atoms with Gasteiger partial charge < -0.3 is 19.0 Å². The number of aliphatic carboxylic acids is 1. The quantitative estimate of drug-likeness (QED) is 0.652. The van der Waals surface area contributed by atoms with Gasteiger partial charge in [-0.15, -0.1) is 0 Å². The second-order valence-corrected chi connectivity index (χ2v) is 7.47. The summed E-state index contributed by atoms with van der Waals surface area (Å²) < 4.78 is 17.6. The number of hydrogen-bond donors (Lipinski definition) is 1. The highest BCUT2D eigenvalue weighted by molar-refractivity contribution is 6.34. The van der Waals surface area contributed by atoms with Gasteiger partial charge in [-0.25, -0.2) is 0 Å². The molecule has 7 heteroatoms. The van der Waals surface area contributed by atoms with E-state index < -0.39 is 18.0 Å². The van der Waals surface area contributed by atoms with Crippen molar-refractivity contribution in [2.45, 2.75) is 25.9 Å². The number of fused-ring (bicyclic) bond motifs is 1. The Morgan fingerprint density at radius 2 is 2.00 bits per heavy atom. The number of halogens is 1. The van der Waals surface area contributed by atoms with E-state index in [1.807, 2.05) is 13.0 Å². The summed E-state index contributed by atoms with van der Waals surface area (Å²) in [5.41, 5.74) is 1.39. The Balaban J connectivity index is 1.83.